The summed E-state index contributed by atoms with van der Waals surface area (Å²) in [5.41, 5.74) is -0.277. The van der Waals surface area contributed by atoms with Crippen LogP contribution in [0.2, 0.25) is 0 Å². The van der Waals surface area contributed by atoms with Crippen molar-refractivity contribution in [1.29, 1.82) is 0 Å². The van der Waals surface area contributed by atoms with E-state index in [0.29, 0.717) is 30.3 Å². The van der Waals surface area contributed by atoms with Crippen LogP contribution in [0.3, 0.4) is 0 Å². The van der Waals surface area contributed by atoms with Gasteiger partial charge in [0.1, 0.15) is 13.2 Å². The van der Waals surface area contributed by atoms with E-state index in [1.54, 1.807) is 18.2 Å². The van der Waals surface area contributed by atoms with Gasteiger partial charge in [0.2, 0.25) is 10.0 Å². The summed E-state index contributed by atoms with van der Waals surface area (Å²) >= 11 is 0. The number of nitrogens with two attached hydrogens (primary N) is 1. The number of fused-ring (bicyclic) bond motifs is 1. The Kier molecular flexibility index (Phi) is 4.50. The lowest BCUT2D eigenvalue weighted by molar-refractivity contribution is -0.141. The number of sulfonamides is 1. The smallest absolute Gasteiger partial charge is 0.435 e. The van der Waals surface area contributed by atoms with Crippen LogP contribution in [0.15, 0.2) is 53.4 Å². The molecule has 2 heterocycles. The maximum atomic E-state index is 13.3. The number of benzene rings is 2. The molecule has 0 spiro atoms. The van der Waals surface area contributed by atoms with Gasteiger partial charge in [0, 0.05) is 5.56 Å². The average Bonchev–Trinajstić information content (AvgIpc) is 3.13. The van der Waals surface area contributed by atoms with Gasteiger partial charge in [0.15, 0.2) is 17.2 Å². The van der Waals surface area contributed by atoms with Crippen LogP contribution in [-0.2, 0) is 16.2 Å². The van der Waals surface area contributed by atoms with Gasteiger partial charge in [-0.15, -0.1) is 0 Å². The van der Waals surface area contributed by atoms with Gasteiger partial charge in [0.25, 0.3) is 0 Å². The predicted octanol–water partition coefficient (Wildman–Crippen LogP) is 2.98. The van der Waals surface area contributed by atoms with Crippen LogP contribution in [-0.4, -0.2) is 31.4 Å². The third-order valence-corrected chi connectivity index (χ3v) is 5.18. The Hall–Kier alpha value is -3.05. The lowest BCUT2D eigenvalue weighted by Gasteiger charge is -2.19. The van der Waals surface area contributed by atoms with Crippen molar-refractivity contribution in [1.82, 2.24) is 9.78 Å². The number of hydrogen-bond acceptors (Lipinski definition) is 5. The molecule has 0 saturated carbocycles. The van der Waals surface area contributed by atoms with Crippen molar-refractivity contribution in [3.05, 3.63) is 54.2 Å². The molecule has 0 bridgehead atoms. The largest absolute Gasteiger partial charge is 0.486 e. The zero-order chi connectivity index (χ0) is 20.8. The molecule has 152 valence electrons. The van der Waals surface area contributed by atoms with Gasteiger partial charge in [-0.2, -0.15) is 18.3 Å². The van der Waals surface area contributed by atoms with Crippen molar-refractivity contribution in [2.45, 2.75) is 11.1 Å². The van der Waals surface area contributed by atoms with Gasteiger partial charge in [-0.25, -0.2) is 18.2 Å². The monoisotopic (exact) mass is 425 g/mol. The molecule has 0 fully saturated rings. The molecule has 4 rings (SSSR count). The first-order valence-corrected chi connectivity index (χ1v) is 9.88. The number of ether oxygens (including phenoxy) is 2. The fraction of sp³-hybridized carbons (Fsp3) is 0.167. The Labute approximate surface area is 163 Å². The quantitative estimate of drug-likeness (QED) is 0.696. The van der Waals surface area contributed by atoms with Crippen molar-refractivity contribution < 1.29 is 31.1 Å². The highest BCUT2D eigenvalue weighted by atomic mass is 32.2. The summed E-state index contributed by atoms with van der Waals surface area (Å²) < 4.78 is 74.7. The van der Waals surface area contributed by atoms with Gasteiger partial charge in [-0.05, 0) is 48.5 Å². The maximum Gasteiger partial charge on any atom is 0.435 e. The van der Waals surface area contributed by atoms with Crippen LogP contribution in [0.4, 0.5) is 13.2 Å². The molecule has 0 unspecified atom stereocenters. The van der Waals surface area contributed by atoms with Crippen molar-refractivity contribution in [3.8, 4) is 28.4 Å². The second kappa shape index (κ2) is 6.78. The van der Waals surface area contributed by atoms with Gasteiger partial charge in [-0.1, -0.05) is 0 Å². The topological polar surface area (TPSA) is 96.4 Å². The molecule has 11 heteroatoms. The Morgan fingerprint density at radius 1 is 0.966 bits per heavy atom. The van der Waals surface area contributed by atoms with E-state index >= 15 is 0 Å². The highest BCUT2D eigenvalue weighted by Crippen LogP contribution is 2.37. The highest BCUT2D eigenvalue weighted by Gasteiger charge is 2.35. The number of nitrogens with zero attached hydrogens (tertiary/aromatic N) is 2. The molecule has 0 amide bonds. The summed E-state index contributed by atoms with van der Waals surface area (Å²) in [6.45, 7) is 0.720. The molecular formula is C18H14F3N3O4S. The van der Waals surface area contributed by atoms with Gasteiger partial charge in [-0.3, -0.25) is 0 Å². The Morgan fingerprint density at radius 2 is 1.62 bits per heavy atom. The number of hydrogen-bond donors (Lipinski definition) is 1. The fourth-order valence-corrected chi connectivity index (χ4v) is 3.42. The van der Waals surface area contributed by atoms with E-state index in [1.807, 2.05) is 0 Å². The molecule has 1 aromatic heterocycles. The van der Waals surface area contributed by atoms with Crippen molar-refractivity contribution >= 4 is 10.0 Å². The Balaban J connectivity index is 1.85. The van der Waals surface area contributed by atoms with Gasteiger partial charge < -0.3 is 9.47 Å². The third kappa shape index (κ3) is 3.78. The van der Waals surface area contributed by atoms with Crippen LogP contribution >= 0.6 is 0 Å². The molecule has 2 aromatic carbocycles. The summed E-state index contributed by atoms with van der Waals surface area (Å²) in [5, 5.41) is 8.74. The van der Waals surface area contributed by atoms with E-state index < -0.39 is 21.9 Å². The van der Waals surface area contributed by atoms with Crippen LogP contribution < -0.4 is 14.6 Å². The summed E-state index contributed by atoms with van der Waals surface area (Å²) in [6.07, 6.45) is -4.66. The second-order valence-electron chi connectivity index (χ2n) is 6.22. The molecule has 1 aliphatic heterocycles. The SMILES string of the molecule is NS(=O)(=O)c1ccc(-n2nc(C(F)(F)F)cc2-c2ccc3c(c2)OCCO3)cc1. The predicted molar refractivity (Wildman–Crippen MR) is 96.4 cm³/mol. The van der Waals surface area contributed by atoms with Crippen LogP contribution in [0.1, 0.15) is 5.69 Å². The summed E-state index contributed by atoms with van der Waals surface area (Å²) in [5.74, 6) is 0.916. The highest BCUT2D eigenvalue weighted by molar-refractivity contribution is 7.89. The molecular weight excluding hydrogens is 411 g/mol. The minimum Gasteiger partial charge on any atom is -0.486 e. The average molecular weight is 425 g/mol. The van der Waals surface area contributed by atoms with Crippen LogP contribution in [0.25, 0.3) is 16.9 Å². The van der Waals surface area contributed by atoms with E-state index in [-0.39, 0.29) is 16.3 Å². The van der Waals surface area contributed by atoms with E-state index in [4.69, 9.17) is 14.6 Å². The Morgan fingerprint density at radius 3 is 2.24 bits per heavy atom. The summed E-state index contributed by atoms with van der Waals surface area (Å²) in [4.78, 5) is -0.162. The molecule has 0 atom stereocenters. The lowest BCUT2D eigenvalue weighted by Crippen LogP contribution is -2.15. The van der Waals surface area contributed by atoms with E-state index in [9.17, 15) is 21.6 Å². The van der Waals surface area contributed by atoms with Crippen LogP contribution in [0.5, 0.6) is 11.5 Å². The molecule has 0 radical (unpaired) electrons. The van der Waals surface area contributed by atoms with E-state index in [1.165, 1.54) is 24.3 Å². The van der Waals surface area contributed by atoms with Crippen molar-refractivity contribution in [3.63, 3.8) is 0 Å². The zero-order valence-corrected chi connectivity index (χ0v) is 15.5. The van der Waals surface area contributed by atoms with Gasteiger partial charge in [0.05, 0.1) is 16.3 Å². The first-order valence-electron chi connectivity index (χ1n) is 8.33. The zero-order valence-electron chi connectivity index (χ0n) is 14.7. The first kappa shape index (κ1) is 19.3. The maximum absolute atomic E-state index is 13.3. The molecule has 7 nitrogen and oxygen atoms in total. The number of alkyl halides is 3. The number of halogens is 3. The number of aromatic nitrogens is 2. The summed E-state index contributed by atoms with van der Waals surface area (Å²) in [6, 6.07) is 10.8. The van der Waals surface area contributed by atoms with Crippen molar-refractivity contribution in [2.75, 3.05) is 13.2 Å². The van der Waals surface area contributed by atoms with Crippen LogP contribution in [0, 0.1) is 0 Å². The Bertz CT molecular complexity index is 1170. The minimum absolute atomic E-state index is 0.151. The molecule has 2 N–H and O–H groups in total. The normalized spacial score (nSPS) is 14.1. The van der Waals surface area contributed by atoms with Crippen molar-refractivity contribution in [2.24, 2.45) is 5.14 Å². The fourth-order valence-electron chi connectivity index (χ4n) is 2.90. The summed E-state index contributed by atoms with van der Waals surface area (Å²) in [7, 11) is -3.93. The molecule has 29 heavy (non-hydrogen) atoms. The molecule has 3 aromatic rings. The van der Waals surface area contributed by atoms with Gasteiger partial charge >= 0.3 is 6.18 Å². The van der Waals surface area contributed by atoms with E-state index in [0.717, 1.165) is 10.7 Å². The lowest BCUT2D eigenvalue weighted by atomic mass is 10.1. The van der Waals surface area contributed by atoms with E-state index in [2.05, 4.69) is 5.10 Å². The number of primary sulfonamides is 1. The molecule has 1 aliphatic rings. The second-order valence-corrected chi connectivity index (χ2v) is 7.78. The minimum atomic E-state index is -4.66. The third-order valence-electron chi connectivity index (χ3n) is 4.25. The first-order chi connectivity index (χ1) is 13.6. The molecule has 0 saturated heterocycles. The standard InChI is InChI=1S/C18H14F3N3O4S/c19-18(20,21)17-10-14(11-1-6-15-16(9-11)28-8-7-27-15)24(23-17)12-2-4-13(5-3-12)29(22,25)26/h1-6,9-10H,7-8H2,(H2,22,25,26). The molecule has 0 aliphatic carbocycles. The number of rotatable bonds is 3.